The van der Waals surface area contributed by atoms with E-state index in [9.17, 15) is 14.4 Å². The van der Waals surface area contributed by atoms with E-state index in [-0.39, 0.29) is 11.3 Å². The number of carbonyl (C=O) groups excluding carboxylic acids is 3. The van der Waals surface area contributed by atoms with Crippen LogP contribution >= 0.6 is 0 Å². The van der Waals surface area contributed by atoms with Crippen LogP contribution < -0.4 is 20.1 Å². The van der Waals surface area contributed by atoms with E-state index >= 15 is 0 Å². The van der Waals surface area contributed by atoms with Crippen molar-refractivity contribution in [1.29, 1.82) is 0 Å². The fourth-order valence-corrected chi connectivity index (χ4v) is 1.71. The lowest BCUT2D eigenvalue weighted by atomic mass is 10.1. The van der Waals surface area contributed by atoms with Gasteiger partial charge in [-0.15, -0.1) is 0 Å². The maximum absolute atomic E-state index is 12.0. The summed E-state index contributed by atoms with van der Waals surface area (Å²) in [6.07, 6.45) is 0. The van der Waals surface area contributed by atoms with Gasteiger partial charge in [-0.25, -0.2) is 9.59 Å². The van der Waals surface area contributed by atoms with E-state index < -0.39 is 30.1 Å². The zero-order valence-electron chi connectivity index (χ0n) is 14.4. The van der Waals surface area contributed by atoms with Crippen LogP contribution in [0.5, 0.6) is 11.5 Å². The molecule has 0 aliphatic heterocycles. The quantitative estimate of drug-likeness (QED) is 0.789. The molecule has 132 valence electrons. The molecule has 8 heteroatoms. The average molecular weight is 338 g/mol. The number of nitrogens with one attached hydrogen (secondary N) is 2. The van der Waals surface area contributed by atoms with Gasteiger partial charge in [0.15, 0.2) is 6.61 Å². The standard InChI is InChI=1S/C16H22N2O6/c1-16(2,3)18-15(21)17-13(19)9-24-14(20)11-7-6-10(22-4)8-12(11)23-5/h6-8H,9H2,1-5H3,(H2,17,18,19,21). The van der Waals surface area contributed by atoms with Crippen molar-refractivity contribution in [3.8, 4) is 11.5 Å². The summed E-state index contributed by atoms with van der Waals surface area (Å²) in [5.41, 5.74) is -0.345. The molecule has 0 spiro atoms. The highest BCUT2D eigenvalue weighted by Gasteiger charge is 2.19. The molecule has 0 aliphatic rings. The number of hydrogen-bond acceptors (Lipinski definition) is 6. The van der Waals surface area contributed by atoms with Gasteiger partial charge in [0, 0.05) is 11.6 Å². The van der Waals surface area contributed by atoms with Crippen LogP contribution in [0.2, 0.25) is 0 Å². The van der Waals surface area contributed by atoms with Gasteiger partial charge in [0.25, 0.3) is 5.91 Å². The van der Waals surface area contributed by atoms with Crippen molar-refractivity contribution in [2.45, 2.75) is 26.3 Å². The minimum absolute atomic E-state index is 0.144. The van der Waals surface area contributed by atoms with Crippen LogP contribution in [0.15, 0.2) is 18.2 Å². The van der Waals surface area contributed by atoms with Crippen LogP contribution in [0.3, 0.4) is 0 Å². The monoisotopic (exact) mass is 338 g/mol. The molecule has 0 aliphatic carbocycles. The lowest BCUT2D eigenvalue weighted by Crippen LogP contribution is -2.49. The number of hydrogen-bond donors (Lipinski definition) is 2. The molecule has 0 saturated carbocycles. The van der Waals surface area contributed by atoms with Crippen molar-refractivity contribution < 1.29 is 28.6 Å². The second-order valence-electron chi connectivity index (χ2n) is 5.89. The fraction of sp³-hybridized carbons (Fsp3) is 0.438. The number of benzene rings is 1. The normalized spacial score (nSPS) is 10.5. The van der Waals surface area contributed by atoms with Gasteiger partial charge in [0.05, 0.1) is 14.2 Å². The number of ether oxygens (including phenoxy) is 3. The maximum Gasteiger partial charge on any atom is 0.342 e. The van der Waals surface area contributed by atoms with Gasteiger partial charge in [0.2, 0.25) is 0 Å². The Kier molecular flexibility index (Phi) is 6.58. The molecule has 0 radical (unpaired) electrons. The molecule has 3 amide bonds. The van der Waals surface area contributed by atoms with Crippen molar-refractivity contribution in [1.82, 2.24) is 10.6 Å². The van der Waals surface area contributed by atoms with Gasteiger partial charge >= 0.3 is 12.0 Å². The molecule has 1 aromatic rings. The Morgan fingerprint density at radius 2 is 1.75 bits per heavy atom. The molecular formula is C16H22N2O6. The van der Waals surface area contributed by atoms with Crippen molar-refractivity contribution >= 4 is 17.9 Å². The van der Waals surface area contributed by atoms with E-state index in [0.717, 1.165) is 0 Å². The summed E-state index contributed by atoms with van der Waals surface area (Å²) in [5.74, 6) is -0.719. The third-order valence-electron chi connectivity index (χ3n) is 2.70. The van der Waals surface area contributed by atoms with E-state index in [1.165, 1.54) is 26.4 Å². The zero-order valence-corrected chi connectivity index (χ0v) is 14.4. The summed E-state index contributed by atoms with van der Waals surface area (Å²) in [6, 6.07) is 3.89. The van der Waals surface area contributed by atoms with Crippen molar-refractivity contribution in [3.63, 3.8) is 0 Å². The first kappa shape index (κ1) is 19.3. The first-order chi connectivity index (χ1) is 11.2. The summed E-state index contributed by atoms with van der Waals surface area (Å²) in [4.78, 5) is 35.2. The summed E-state index contributed by atoms with van der Waals surface area (Å²) in [7, 11) is 2.88. The van der Waals surface area contributed by atoms with E-state index in [1.807, 2.05) is 0 Å². The largest absolute Gasteiger partial charge is 0.497 e. The number of rotatable bonds is 5. The minimum atomic E-state index is -0.749. The van der Waals surface area contributed by atoms with Crippen LogP contribution in [-0.2, 0) is 9.53 Å². The SMILES string of the molecule is COc1ccc(C(=O)OCC(=O)NC(=O)NC(C)(C)C)c(OC)c1. The first-order valence-electron chi connectivity index (χ1n) is 7.17. The third-order valence-corrected chi connectivity index (χ3v) is 2.70. The lowest BCUT2D eigenvalue weighted by molar-refractivity contribution is -0.123. The highest BCUT2D eigenvalue weighted by molar-refractivity contribution is 5.98. The predicted octanol–water partition coefficient (Wildman–Crippen LogP) is 1.48. The molecule has 24 heavy (non-hydrogen) atoms. The number of imide groups is 1. The van der Waals surface area contributed by atoms with Crippen LogP contribution in [0.4, 0.5) is 4.79 Å². The second kappa shape index (κ2) is 8.19. The van der Waals surface area contributed by atoms with Crippen LogP contribution in [-0.4, -0.2) is 44.3 Å². The van der Waals surface area contributed by atoms with Gasteiger partial charge in [-0.2, -0.15) is 0 Å². The first-order valence-corrected chi connectivity index (χ1v) is 7.17. The summed E-state index contributed by atoms with van der Waals surface area (Å²) >= 11 is 0. The molecule has 1 aromatic carbocycles. The minimum Gasteiger partial charge on any atom is -0.497 e. The van der Waals surface area contributed by atoms with Crippen molar-refractivity contribution in [2.75, 3.05) is 20.8 Å². The molecule has 0 fully saturated rings. The van der Waals surface area contributed by atoms with Gasteiger partial charge < -0.3 is 19.5 Å². The van der Waals surface area contributed by atoms with Crippen LogP contribution in [0.1, 0.15) is 31.1 Å². The van der Waals surface area contributed by atoms with Gasteiger partial charge in [-0.3, -0.25) is 10.1 Å². The molecule has 0 aromatic heterocycles. The molecule has 0 saturated heterocycles. The lowest BCUT2D eigenvalue weighted by Gasteiger charge is -2.20. The predicted molar refractivity (Wildman–Crippen MR) is 86.3 cm³/mol. The van der Waals surface area contributed by atoms with Crippen LogP contribution in [0, 0.1) is 0 Å². The zero-order chi connectivity index (χ0) is 18.3. The molecule has 0 unspecified atom stereocenters. The molecule has 0 atom stereocenters. The molecule has 8 nitrogen and oxygen atoms in total. The number of amides is 3. The Morgan fingerprint density at radius 3 is 2.29 bits per heavy atom. The van der Waals surface area contributed by atoms with Gasteiger partial charge in [-0.05, 0) is 32.9 Å². The fourth-order valence-electron chi connectivity index (χ4n) is 1.71. The molecule has 2 N–H and O–H groups in total. The highest BCUT2D eigenvalue weighted by atomic mass is 16.5. The number of urea groups is 1. The van der Waals surface area contributed by atoms with E-state index in [0.29, 0.717) is 5.75 Å². The Bertz CT molecular complexity index is 621. The molecule has 1 rings (SSSR count). The van der Waals surface area contributed by atoms with E-state index in [1.54, 1.807) is 26.8 Å². The third kappa shape index (κ3) is 6.15. The summed E-state index contributed by atoms with van der Waals surface area (Å²) < 4.78 is 15.0. The topological polar surface area (TPSA) is 103 Å². The summed E-state index contributed by atoms with van der Waals surface area (Å²) in [5, 5.41) is 4.63. The maximum atomic E-state index is 12.0. The van der Waals surface area contributed by atoms with Crippen molar-refractivity contribution in [3.05, 3.63) is 23.8 Å². The van der Waals surface area contributed by atoms with E-state index in [4.69, 9.17) is 14.2 Å². The molecule has 0 heterocycles. The number of esters is 1. The highest BCUT2D eigenvalue weighted by Crippen LogP contribution is 2.25. The average Bonchev–Trinajstić information content (AvgIpc) is 2.49. The number of carbonyl (C=O) groups is 3. The Balaban J connectivity index is 2.60. The van der Waals surface area contributed by atoms with Gasteiger partial charge in [0.1, 0.15) is 17.1 Å². The number of methoxy groups -OCH3 is 2. The summed E-state index contributed by atoms with van der Waals surface area (Å²) in [6.45, 7) is 4.72. The second-order valence-corrected chi connectivity index (χ2v) is 5.89. The molecule has 0 bridgehead atoms. The van der Waals surface area contributed by atoms with Crippen molar-refractivity contribution in [2.24, 2.45) is 0 Å². The molecular weight excluding hydrogens is 316 g/mol. The Hall–Kier alpha value is -2.77. The smallest absolute Gasteiger partial charge is 0.342 e. The van der Waals surface area contributed by atoms with E-state index in [2.05, 4.69) is 10.6 Å². The van der Waals surface area contributed by atoms with Gasteiger partial charge in [-0.1, -0.05) is 0 Å². The Labute approximate surface area is 140 Å². The van der Waals surface area contributed by atoms with Crippen LogP contribution in [0.25, 0.3) is 0 Å². The Morgan fingerprint density at radius 1 is 1.08 bits per heavy atom.